The predicted molar refractivity (Wildman–Crippen MR) is 64.5 cm³/mol. The second-order valence-corrected chi connectivity index (χ2v) is 4.77. The summed E-state index contributed by atoms with van der Waals surface area (Å²) in [5.41, 5.74) is 6.32. The van der Waals surface area contributed by atoms with Gasteiger partial charge in [-0.25, -0.2) is 0 Å². The van der Waals surface area contributed by atoms with Crippen LogP contribution in [0, 0.1) is 5.41 Å². The zero-order chi connectivity index (χ0) is 11.6. The van der Waals surface area contributed by atoms with Gasteiger partial charge in [0.1, 0.15) is 0 Å². The normalized spacial score (nSPS) is 16.9. The first-order valence-electron chi connectivity index (χ1n) is 5.40. The number of benzene rings is 1. The van der Waals surface area contributed by atoms with Crippen molar-refractivity contribution in [1.29, 1.82) is 0 Å². The Morgan fingerprint density at radius 1 is 1.44 bits per heavy atom. The average Bonchev–Trinajstić information content (AvgIpc) is 3.07. The summed E-state index contributed by atoms with van der Waals surface area (Å²) < 4.78 is 0. The highest BCUT2D eigenvalue weighted by Crippen LogP contribution is 2.43. The van der Waals surface area contributed by atoms with Crippen LogP contribution in [0.3, 0.4) is 0 Å². The quantitative estimate of drug-likeness (QED) is 0.841. The van der Waals surface area contributed by atoms with Crippen LogP contribution >= 0.6 is 11.6 Å². The highest BCUT2D eigenvalue weighted by molar-refractivity contribution is 6.33. The van der Waals surface area contributed by atoms with Crippen LogP contribution in [0.4, 0.5) is 0 Å². The Bertz CT molecular complexity index is 402. The van der Waals surface area contributed by atoms with E-state index >= 15 is 0 Å². The van der Waals surface area contributed by atoms with Crippen molar-refractivity contribution in [2.45, 2.75) is 12.8 Å². The van der Waals surface area contributed by atoms with Gasteiger partial charge in [0, 0.05) is 12.0 Å². The number of nitrogens with one attached hydrogen (secondary N) is 1. The largest absolute Gasteiger partial charge is 0.351 e. The number of carbonyl (C=O) groups is 1. The van der Waals surface area contributed by atoms with Gasteiger partial charge in [0.25, 0.3) is 5.91 Å². The van der Waals surface area contributed by atoms with Gasteiger partial charge in [-0.05, 0) is 31.5 Å². The zero-order valence-corrected chi connectivity index (χ0v) is 9.76. The van der Waals surface area contributed by atoms with Gasteiger partial charge < -0.3 is 11.1 Å². The summed E-state index contributed by atoms with van der Waals surface area (Å²) in [7, 11) is 0. The molecule has 0 unspecified atom stereocenters. The van der Waals surface area contributed by atoms with Crippen LogP contribution in [0.2, 0.25) is 5.02 Å². The molecule has 0 aromatic heterocycles. The van der Waals surface area contributed by atoms with E-state index in [1.54, 1.807) is 24.3 Å². The Morgan fingerprint density at radius 2 is 2.12 bits per heavy atom. The second kappa shape index (κ2) is 4.44. The summed E-state index contributed by atoms with van der Waals surface area (Å²) >= 11 is 5.93. The molecule has 0 heterocycles. The number of hydrogen-bond donors (Lipinski definition) is 2. The number of nitrogens with two attached hydrogens (primary N) is 1. The van der Waals surface area contributed by atoms with Crippen molar-refractivity contribution in [3.63, 3.8) is 0 Å². The van der Waals surface area contributed by atoms with E-state index in [0.717, 1.165) is 12.8 Å². The first kappa shape index (κ1) is 11.4. The molecule has 2 rings (SSSR count). The third kappa shape index (κ3) is 2.36. The molecule has 86 valence electrons. The topological polar surface area (TPSA) is 55.1 Å². The van der Waals surface area contributed by atoms with Gasteiger partial charge in [0.2, 0.25) is 0 Å². The fourth-order valence-electron chi connectivity index (χ4n) is 1.64. The monoisotopic (exact) mass is 238 g/mol. The Labute approximate surface area is 100.0 Å². The lowest BCUT2D eigenvalue weighted by molar-refractivity contribution is 0.0945. The van der Waals surface area contributed by atoms with Crippen molar-refractivity contribution in [3.05, 3.63) is 34.9 Å². The minimum Gasteiger partial charge on any atom is -0.351 e. The van der Waals surface area contributed by atoms with E-state index < -0.39 is 0 Å². The summed E-state index contributed by atoms with van der Waals surface area (Å²) in [6.45, 7) is 1.28. The van der Waals surface area contributed by atoms with E-state index in [4.69, 9.17) is 17.3 Å². The van der Waals surface area contributed by atoms with Crippen LogP contribution in [0.1, 0.15) is 23.2 Å². The summed E-state index contributed by atoms with van der Waals surface area (Å²) in [5.74, 6) is -0.120. The molecule has 0 spiro atoms. The van der Waals surface area contributed by atoms with E-state index in [1.165, 1.54) is 0 Å². The summed E-state index contributed by atoms with van der Waals surface area (Å²) in [6.07, 6.45) is 2.21. The molecule has 1 aromatic rings. The third-order valence-corrected chi connectivity index (χ3v) is 3.46. The molecule has 1 aromatic carbocycles. The molecule has 1 fully saturated rings. The molecule has 1 amide bonds. The maximum absolute atomic E-state index is 11.8. The maximum atomic E-state index is 11.8. The summed E-state index contributed by atoms with van der Waals surface area (Å²) in [6, 6.07) is 7.05. The van der Waals surface area contributed by atoms with Gasteiger partial charge in [-0.15, -0.1) is 0 Å². The summed E-state index contributed by atoms with van der Waals surface area (Å²) in [4.78, 5) is 11.8. The minimum atomic E-state index is -0.120. The van der Waals surface area contributed by atoms with Gasteiger partial charge in [-0.1, -0.05) is 23.7 Å². The van der Waals surface area contributed by atoms with Crippen molar-refractivity contribution < 1.29 is 4.79 Å². The average molecular weight is 239 g/mol. The zero-order valence-electron chi connectivity index (χ0n) is 9.00. The minimum absolute atomic E-state index is 0.120. The Morgan fingerprint density at radius 3 is 2.69 bits per heavy atom. The molecule has 1 aliphatic rings. The molecule has 0 radical (unpaired) electrons. The Hall–Kier alpha value is -1.06. The van der Waals surface area contributed by atoms with Crippen molar-refractivity contribution >= 4 is 17.5 Å². The fourth-order valence-corrected chi connectivity index (χ4v) is 1.86. The van der Waals surface area contributed by atoms with Crippen LogP contribution in [-0.2, 0) is 0 Å². The number of amides is 1. The predicted octanol–water partition coefficient (Wildman–Crippen LogP) is 1.81. The molecule has 3 nitrogen and oxygen atoms in total. The van der Waals surface area contributed by atoms with Crippen molar-refractivity contribution in [2.24, 2.45) is 11.1 Å². The van der Waals surface area contributed by atoms with Gasteiger partial charge in [-0.2, -0.15) is 0 Å². The van der Waals surface area contributed by atoms with Crippen molar-refractivity contribution in [2.75, 3.05) is 13.1 Å². The molecule has 0 saturated heterocycles. The third-order valence-electron chi connectivity index (χ3n) is 3.13. The first-order chi connectivity index (χ1) is 7.67. The first-order valence-corrected chi connectivity index (χ1v) is 5.77. The number of hydrogen-bond acceptors (Lipinski definition) is 2. The molecule has 1 saturated carbocycles. The number of halogens is 1. The molecule has 16 heavy (non-hydrogen) atoms. The molecule has 1 aliphatic carbocycles. The number of carbonyl (C=O) groups excluding carboxylic acids is 1. The molecule has 3 N–H and O–H groups in total. The Kier molecular flexibility index (Phi) is 3.17. The molecule has 4 heteroatoms. The van der Waals surface area contributed by atoms with Gasteiger partial charge in [0.15, 0.2) is 0 Å². The standard InChI is InChI=1S/C12H15ClN2O/c13-10-4-2-1-3-9(10)11(16)15-8-12(7-14)5-6-12/h1-4H,5-8,14H2,(H,15,16). The molecular weight excluding hydrogens is 224 g/mol. The van der Waals surface area contributed by atoms with Crippen molar-refractivity contribution in [1.82, 2.24) is 5.32 Å². The van der Waals surface area contributed by atoms with Gasteiger partial charge >= 0.3 is 0 Å². The van der Waals surface area contributed by atoms with Crippen LogP contribution in [0.5, 0.6) is 0 Å². The van der Waals surface area contributed by atoms with E-state index in [9.17, 15) is 4.79 Å². The highest BCUT2D eigenvalue weighted by atomic mass is 35.5. The SMILES string of the molecule is NCC1(CNC(=O)c2ccccc2Cl)CC1. The number of rotatable bonds is 4. The van der Waals surface area contributed by atoms with Gasteiger partial charge in [0.05, 0.1) is 10.6 Å². The van der Waals surface area contributed by atoms with E-state index in [1.807, 2.05) is 0 Å². The lowest BCUT2D eigenvalue weighted by Crippen LogP contribution is -2.34. The summed E-state index contributed by atoms with van der Waals surface area (Å²) in [5, 5.41) is 3.37. The van der Waals surface area contributed by atoms with Crippen molar-refractivity contribution in [3.8, 4) is 0 Å². The molecule has 0 bridgehead atoms. The van der Waals surface area contributed by atoms with Crippen LogP contribution in [-0.4, -0.2) is 19.0 Å². The second-order valence-electron chi connectivity index (χ2n) is 4.37. The highest BCUT2D eigenvalue weighted by Gasteiger charge is 2.41. The Balaban J connectivity index is 1.96. The smallest absolute Gasteiger partial charge is 0.252 e. The van der Waals surface area contributed by atoms with E-state index in [0.29, 0.717) is 23.7 Å². The molecular formula is C12H15ClN2O. The van der Waals surface area contributed by atoms with E-state index in [-0.39, 0.29) is 11.3 Å². The van der Waals surface area contributed by atoms with Crippen LogP contribution in [0.25, 0.3) is 0 Å². The van der Waals surface area contributed by atoms with Gasteiger partial charge in [-0.3, -0.25) is 4.79 Å². The maximum Gasteiger partial charge on any atom is 0.252 e. The fraction of sp³-hybridized carbons (Fsp3) is 0.417. The van der Waals surface area contributed by atoms with E-state index in [2.05, 4.69) is 5.32 Å². The molecule has 0 aliphatic heterocycles. The lowest BCUT2D eigenvalue weighted by Gasteiger charge is -2.13. The molecule has 0 atom stereocenters. The van der Waals surface area contributed by atoms with Crippen LogP contribution < -0.4 is 11.1 Å². The van der Waals surface area contributed by atoms with Crippen LogP contribution in [0.15, 0.2) is 24.3 Å². The lowest BCUT2D eigenvalue weighted by atomic mass is 10.1.